The van der Waals surface area contributed by atoms with Crippen molar-refractivity contribution in [1.29, 1.82) is 0 Å². The van der Waals surface area contributed by atoms with Gasteiger partial charge in [0.1, 0.15) is 36.8 Å². The molecule has 26 nitrogen and oxygen atoms in total. The van der Waals surface area contributed by atoms with E-state index >= 15 is 9.59 Å². The number of carbonyl (C=O) groups excluding carboxylic acids is 11. The number of hydrogen-bond acceptors (Lipinski definition) is 16. The van der Waals surface area contributed by atoms with Gasteiger partial charge in [-0.3, -0.25) is 38.5 Å². The molecule has 1 aromatic heterocycles. The van der Waals surface area contributed by atoms with E-state index in [0.29, 0.717) is 17.7 Å². The van der Waals surface area contributed by atoms with Crippen molar-refractivity contribution in [2.45, 2.75) is 183 Å². The third kappa shape index (κ3) is 23.0. The summed E-state index contributed by atoms with van der Waals surface area (Å²) in [5.74, 6) is -6.28. The molecule has 1 unspecified atom stereocenters. The number of nitrogens with two attached hydrogens (primary N) is 2. The maximum Gasteiger partial charge on any atom is 0.410 e. The van der Waals surface area contributed by atoms with Crippen molar-refractivity contribution in [3.63, 3.8) is 0 Å². The van der Waals surface area contributed by atoms with Crippen molar-refractivity contribution < 1.29 is 71.7 Å². The Morgan fingerprint density at radius 3 is 1.81 bits per heavy atom. The van der Waals surface area contributed by atoms with E-state index in [0.717, 1.165) is 16.5 Å². The first kappa shape index (κ1) is 76.7. The molecule has 0 radical (unpaired) electrons. The monoisotopic (exact) mass is 1270 g/mol. The second-order valence-corrected chi connectivity index (χ2v) is 24.8. The fourth-order valence-corrected chi connectivity index (χ4v) is 10.2. The molecule has 0 saturated carbocycles. The van der Waals surface area contributed by atoms with Gasteiger partial charge in [0.25, 0.3) is 0 Å². The van der Waals surface area contributed by atoms with E-state index in [1.165, 1.54) is 23.8 Å². The molecular formula is C65H99N11O15. The van der Waals surface area contributed by atoms with Crippen LogP contribution in [0.2, 0.25) is 0 Å². The lowest BCUT2D eigenvalue weighted by molar-refractivity contribution is -0.149. The Bertz CT molecular complexity index is 3040. The number of likely N-dealkylation sites (N-methyl/N-ethyl adjacent to an activating group) is 2. The molecule has 9 amide bonds. The summed E-state index contributed by atoms with van der Waals surface area (Å²) in [5.41, 5.74) is 11.7. The second kappa shape index (κ2) is 35.7. The van der Waals surface area contributed by atoms with E-state index in [9.17, 15) is 43.2 Å². The highest BCUT2D eigenvalue weighted by Gasteiger charge is 2.47. The zero-order chi connectivity index (χ0) is 68.7. The van der Waals surface area contributed by atoms with E-state index in [4.69, 9.17) is 30.4 Å². The molecule has 2 aromatic carbocycles. The fraction of sp³-hybridized carbons (Fsp3) is 0.585. The van der Waals surface area contributed by atoms with Crippen LogP contribution in [0.25, 0.3) is 10.9 Å². The summed E-state index contributed by atoms with van der Waals surface area (Å²) in [4.78, 5) is 150. The molecule has 7 atom stereocenters. The van der Waals surface area contributed by atoms with Crippen molar-refractivity contribution in [2.24, 2.45) is 35.8 Å². The molecule has 0 spiro atoms. The summed E-state index contributed by atoms with van der Waals surface area (Å²) < 4.78 is 23.1. The van der Waals surface area contributed by atoms with Crippen LogP contribution in [0.4, 0.5) is 15.3 Å². The molecule has 0 aliphatic carbocycles. The molecule has 0 aliphatic rings. The minimum absolute atomic E-state index is 0.0232. The summed E-state index contributed by atoms with van der Waals surface area (Å²) >= 11 is 0. The number of amides is 9. The number of ether oxygens (including phenoxy) is 4. The van der Waals surface area contributed by atoms with Crippen molar-refractivity contribution in [3.05, 3.63) is 77.5 Å². The van der Waals surface area contributed by atoms with Crippen molar-refractivity contribution >= 4 is 82.1 Å². The van der Waals surface area contributed by atoms with Gasteiger partial charge in [-0.1, -0.05) is 98.7 Å². The molecule has 504 valence electrons. The van der Waals surface area contributed by atoms with Gasteiger partial charge >= 0.3 is 30.0 Å². The summed E-state index contributed by atoms with van der Waals surface area (Å²) in [5, 5.41) is 17.0. The van der Waals surface area contributed by atoms with Gasteiger partial charge in [0.2, 0.25) is 35.4 Å². The van der Waals surface area contributed by atoms with Crippen LogP contribution in [0.1, 0.15) is 140 Å². The van der Waals surface area contributed by atoms with Crippen LogP contribution in [0.5, 0.6) is 0 Å². The van der Waals surface area contributed by atoms with Crippen LogP contribution in [-0.4, -0.2) is 163 Å². The van der Waals surface area contributed by atoms with Crippen LogP contribution in [0.3, 0.4) is 0 Å². The Morgan fingerprint density at radius 2 is 1.25 bits per heavy atom. The average molecular weight is 1270 g/mol. The van der Waals surface area contributed by atoms with Crippen LogP contribution >= 0.6 is 0 Å². The molecule has 0 bridgehead atoms. The van der Waals surface area contributed by atoms with Gasteiger partial charge in [0.05, 0.1) is 31.9 Å². The van der Waals surface area contributed by atoms with E-state index in [1.54, 1.807) is 92.8 Å². The first-order chi connectivity index (χ1) is 42.6. The maximum atomic E-state index is 15.4. The van der Waals surface area contributed by atoms with Gasteiger partial charge < -0.3 is 71.8 Å². The molecule has 0 aliphatic heterocycles. The zero-order valence-electron chi connectivity index (χ0n) is 55.9. The Labute approximate surface area is 534 Å². The average Bonchev–Trinajstić information content (AvgIpc) is 1.69. The summed E-state index contributed by atoms with van der Waals surface area (Å²) in [7, 11) is 4.87. The van der Waals surface area contributed by atoms with Gasteiger partial charge in [0.15, 0.2) is 0 Å². The lowest BCUT2D eigenvalue weighted by atomic mass is 9.76. The number of para-hydroxylation sites is 1. The minimum Gasteiger partial charge on any atom is -0.466 e. The van der Waals surface area contributed by atoms with E-state index in [-0.39, 0.29) is 82.5 Å². The molecule has 26 heteroatoms. The summed E-state index contributed by atoms with van der Waals surface area (Å²) in [6.45, 7) is 22.6. The highest BCUT2D eigenvalue weighted by molar-refractivity contribution is 5.99. The maximum absolute atomic E-state index is 15.4. The summed E-state index contributed by atoms with van der Waals surface area (Å²) in [6, 6.07) is 5.66. The molecule has 3 rings (SSSR count). The van der Waals surface area contributed by atoms with E-state index in [2.05, 4.69) is 31.9 Å². The number of rotatable bonds is 34. The SMILES string of the molecule is CCOC(=O)CC[C@@H](NC(=O)CC[C@@H](NC(=O)/C(C)=C/[C@H](C(C)C)N(C)C(=O)[C@@H](NC(=O)C(N(C)C(=O)OCc1ccc(NC(=O)[C@H](CCCNC(N)=O)NC(=O)[C@@H](N)C(C)C)cc1)C(C)(C)c1cn(C)c2ccccc12)C(C)(C)C)C(=O)OCC)C(=O)OCC. The normalized spacial score (nSPS) is 14.1. The molecular weight excluding hydrogens is 1170 g/mol. The molecule has 0 fully saturated rings. The lowest BCUT2D eigenvalue weighted by Crippen LogP contribution is -2.63. The smallest absolute Gasteiger partial charge is 0.410 e. The van der Waals surface area contributed by atoms with Gasteiger partial charge in [-0.2, -0.15) is 0 Å². The first-order valence-electron chi connectivity index (χ1n) is 30.9. The predicted octanol–water partition coefficient (Wildman–Crippen LogP) is 5.13. The minimum atomic E-state index is -1.32. The number of nitrogens with zero attached hydrogens (tertiary/aromatic N) is 3. The fourth-order valence-electron chi connectivity index (χ4n) is 10.2. The van der Waals surface area contributed by atoms with Gasteiger partial charge in [0, 0.05) is 74.3 Å². The number of fused-ring (bicyclic) bond motifs is 1. The summed E-state index contributed by atoms with van der Waals surface area (Å²) in [6.07, 6.45) is 2.23. The third-order valence-electron chi connectivity index (χ3n) is 15.4. The molecule has 3 aromatic rings. The van der Waals surface area contributed by atoms with Crippen LogP contribution in [0.15, 0.2) is 66.4 Å². The van der Waals surface area contributed by atoms with Crippen molar-refractivity contribution in [1.82, 2.24) is 41.0 Å². The van der Waals surface area contributed by atoms with Gasteiger partial charge in [-0.25, -0.2) is 19.2 Å². The van der Waals surface area contributed by atoms with E-state index < -0.39 is 119 Å². The number of nitrogens with one attached hydrogen (secondary N) is 6. The highest BCUT2D eigenvalue weighted by atomic mass is 16.6. The molecule has 1 heterocycles. The van der Waals surface area contributed by atoms with Crippen LogP contribution in [0, 0.1) is 17.3 Å². The molecule has 10 N–H and O–H groups in total. The molecule has 0 saturated heterocycles. The van der Waals surface area contributed by atoms with Gasteiger partial charge in [-0.05, 0) is 100.0 Å². The Morgan fingerprint density at radius 1 is 0.670 bits per heavy atom. The number of hydrogen-bond donors (Lipinski definition) is 8. The number of aromatic nitrogens is 1. The zero-order valence-corrected chi connectivity index (χ0v) is 55.9. The number of anilines is 1. The topological polar surface area (TPSA) is 360 Å². The second-order valence-electron chi connectivity index (χ2n) is 24.8. The first-order valence-corrected chi connectivity index (χ1v) is 30.9. The van der Waals surface area contributed by atoms with Crippen LogP contribution in [-0.2, 0) is 81.2 Å². The predicted molar refractivity (Wildman–Crippen MR) is 343 cm³/mol. The number of esters is 3. The number of urea groups is 1. The number of primary amides is 1. The van der Waals surface area contributed by atoms with E-state index in [1.807, 2.05) is 69.8 Å². The number of benzene rings is 2. The molecule has 91 heavy (non-hydrogen) atoms. The number of aryl methyl sites for hydroxylation is 1. The quantitative estimate of drug-likeness (QED) is 0.0166. The third-order valence-corrected chi connectivity index (χ3v) is 15.4. The lowest BCUT2D eigenvalue weighted by Gasteiger charge is -2.42. The Hall–Kier alpha value is -8.55. The Balaban J connectivity index is 1.93. The highest BCUT2D eigenvalue weighted by Crippen LogP contribution is 2.37. The van der Waals surface area contributed by atoms with Crippen molar-refractivity contribution in [3.8, 4) is 0 Å². The number of carbonyl (C=O) groups is 11. The van der Waals surface area contributed by atoms with Crippen LogP contribution < -0.4 is 43.4 Å². The largest absolute Gasteiger partial charge is 0.466 e. The van der Waals surface area contributed by atoms with Gasteiger partial charge in [-0.15, -0.1) is 0 Å². The van der Waals surface area contributed by atoms with Crippen molar-refractivity contribution in [2.75, 3.05) is 45.8 Å². The standard InChI is InChI=1S/C65H99N11O15/c1-17-88-51(78)33-31-46(60(84)89-18-2)70-50(77)32-30-47(61(85)90-19-3)72-55(79)40(8)35-49(38(4)5)75(15)59(83)53(64(9,10)11)73-58(82)54(65(12,13)44-36-74(14)48-25-21-20-23-43(44)48)76(16)63(87)91-37-41-26-28-42(29-27-41)69-56(80)45(24-22-34-68-62(67)86)71-57(81)52(66)39(6)7/h20-21,23,25-29,35-36,38-39,45-47,49,52-54H,17-19,22,24,30-34,37,66H2,1-16H3,(H,69,80)(H,70,77)(H,71,81)(H,72,79)(H,73,82)(H3,67,68,86)/b40-35+/t45-,46+,47+,49+,52-,53+,54?/m0/s1. The Kier molecular flexibility index (Phi) is 30.1.